The Kier molecular flexibility index (Phi) is 48.5. The van der Waals surface area contributed by atoms with Crippen LogP contribution in [0.5, 0.6) is 0 Å². The maximum atomic E-state index is 13.1. The van der Waals surface area contributed by atoms with E-state index in [1.807, 2.05) is 6.08 Å². The Morgan fingerprint density at radius 1 is 0.486 bits per heavy atom. The molecular weight excluding hydrogens is 899 g/mol. The highest BCUT2D eigenvalue weighted by atomic mass is 16.7. The Labute approximate surface area is 441 Å². The fourth-order valence-corrected chi connectivity index (χ4v) is 9.04. The highest BCUT2D eigenvalue weighted by molar-refractivity contribution is 5.76. The molecule has 0 saturated carbocycles. The zero-order valence-electron chi connectivity index (χ0n) is 46.2. The minimum atomic E-state index is -1.57. The molecule has 1 fully saturated rings. The van der Waals surface area contributed by atoms with Crippen LogP contribution in [0.1, 0.15) is 251 Å². The Morgan fingerprint density at radius 2 is 0.861 bits per heavy atom. The number of amides is 1. The molecule has 1 heterocycles. The largest absolute Gasteiger partial charge is 0.394 e. The van der Waals surface area contributed by atoms with Gasteiger partial charge in [0.05, 0.1) is 25.4 Å². The molecule has 7 atom stereocenters. The van der Waals surface area contributed by atoms with Gasteiger partial charge >= 0.3 is 0 Å². The van der Waals surface area contributed by atoms with Gasteiger partial charge < -0.3 is 40.3 Å². The van der Waals surface area contributed by atoms with E-state index in [-0.39, 0.29) is 12.5 Å². The summed E-state index contributed by atoms with van der Waals surface area (Å²) < 4.78 is 11.3. The van der Waals surface area contributed by atoms with Crippen LogP contribution in [0.3, 0.4) is 0 Å². The van der Waals surface area contributed by atoms with Crippen molar-refractivity contribution in [3.63, 3.8) is 0 Å². The molecule has 0 bridgehead atoms. The van der Waals surface area contributed by atoms with Gasteiger partial charge in [-0.3, -0.25) is 4.79 Å². The van der Waals surface area contributed by atoms with Crippen LogP contribution in [-0.2, 0) is 14.3 Å². The van der Waals surface area contributed by atoms with Gasteiger partial charge in [0.1, 0.15) is 24.4 Å². The molecule has 0 spiro atoms. The summed E-state index contributed by atoms with van der Waals surface area (Å²) in [5.41, 5.74) is 0. The molecule has 1 rings (SSSR count). The summed E-state index contributed by atoms with van der Waals surface area (Å²) in [6, 6.07) is -0.811. The monoisotopic (exact) mass is 1010 g/mol. The van der Waals surface area contributed by atoms with Crippen molar-refractivity contribution >= 4 is 5.91 Å². The Morgan fingerprint density at radius 3 is 1.28 bits per heavy atom. The summed E-state index contributed by atoms with van der Waals surface area (Å²) >= 11 is 0. The highest BCUT2D eigenvalue weighted by Gasteiger charge is 2.44. The van der Waals surface area contributed by atoms with Crippen LogP contribution < -0.4 is 5.32 Å². The lowest BCUT2D eigenvalue weighted by atomic mass is 9.99. The van der Waals surface area contributed by atoms with Crippen LogP contribution in [0, 0.1) is 0 Å². The van der Waals surface area contributed by atoms with Crippen molar-refractivity contribution in [2.45, 2.75) is 294 Å². The van der Waals surface area contributed by atoms with E-state index in [1.165, 1.54) is 154 Å². The van der Waals surface area contributed by atoms with Gasteiger partial charge in [-0.2, -0.15) is 0 Å². The van der Waals surface area contributed by atoms with E-state index in [1.54, 1.807) is 6.08 Å². The topological polar surface area (TPSA) is 149 Å². The van der Waals surface area contributed by atoms with E-state index in [9.17, 15) is 30.3 Å². The molecule has 72 heavy (non-hydrogen) atoms. The molecule has 1 amide bonds. The Bertz CT molecular complexity index is 1400. The lowest BCUT2D eigenvalue weighted by molar-refractivity contribution is -0.302. The molecule has 6 N–H and O–H groups in total. The average Bonchev–Trinajstić information content (AvgIpc) is 3.38. The summed E-state index contributed by atoms with van der Waals surface area (Å²) in [5.74, 6) is -0.181. The molecule has 1 aliphatic heterocycles. The predicted molar refractivity (Wildman–Crippen MR) is 304 cm³/mol. The molecule has 0 aromatic carbocycles. The van der Waals surface area contributed by atoms with Crippen LogP contribution in [0.2, 0.25) is 0 Å². The van der Waals surface area contributed by atoms with Crippen molar-refractivity contribution < 1.29 is 39.8 Å². The van der Waals surface area contributed by atoms with Crippen molar-refractivity contribution in [1.82, 2.24) is 5.32 Å². The fourth-order valence-electron chi connectivity index (χ4n) is 9.04. The maximum Gasteiger partial charge on any atom is 0.220 e. The van der Waals surface area contributed by atoms with Crippen LogP contribution in [-0.4, -0.2) is 87.5 Å². The average molecular weight is 1010 g/mol. The molecule has 0 aromatic rings. The van der Waals surface area contributed by atoms with Gasteiger partial charge in [0, 0.05) is 6.42 Å². The van der Waals surface area contributed by atoms with Crippen LogP contribution in [0.15, 0.2) is 85.1 Å². The van der Waals surface area contributed by atoms with Crippen LogP contribution in [0.25, 0.3) is 0 Å². The highest BCUT2D eigenvalue weighted by Crippen LogP contribution is 2.23. The second-order valence-corrected chi connectivity index (χ2v) is 20.4. The Balaban J connectivity index is 2.20. The third-order valence-electron chi connectivity index (χ3n) is 13.7. The van der Waals surface area contributed by atoms with Crippen LogP contribution in [0.4, 0.5) is 0 Å². The smallest absolute Gasteiger partial charge is 0.220 e. The van der Waals surface area contributed by atoms with Gasteiger partial charge in [-0.15, -0.1) is 0 Å². The lowest BCUT2D eigenvalue weighted by Gasteiger charge is -2.40. The van der Waals surface area contributed by atoms with Crippen molar-refractivity contribution in [3.05, 3.63) is 85.1 Å². The zero-order chi connectivity index (χ0) is 52.2. The van der Waals surface area contributed by atoms with E-state index in [2.05, 4.69) is 92.1 Å². The van der Waals surface area contributed by atoms with E-state index >= 15 is 0 Å². The number of aliphatic hydroxyl groups is 5. The molecule has 416 valence electrons. The lowest BCUT2D eigenvalue weighted by Crippen LogP contribution is -2.60. The first-order chi connectivity index (χ1) is 35.3. The number of aliphatic hydroxyl groups excluding tert-OH is 5. The van der Waals surface area contributed by atoms with Crippen molar-refractivity contribution in [3.8, 4) is 0 Å². The first kappa shape index (κ1) is 67.4. The number of nitrogens with one attached hydrogen (secondary N) is 1. The molecule has 7 unspecified atom stereocenters. The molecular formula is C63H111NO8. The number of rotatable bonds is 50. The molecule has 9 heteroatoms. The standard InChI is InChI=1S/C63H111NO8/c1-3-5-7-9-11-13-15-17-19-21-23-24-25-26-27-28-29-30-31-32-33-34-35-37-39-41-43-45-47-49-51-53-59(67)64-56(55-71-63-62(70)61(69)60(68)58(54-65)72-63)57(66)52-50-48-46-44-42-40-38-36-22-20-18-16-14-12-10-8-6-4-2/h5,7,11,13,17,19,23-24,26-27,29-30,50,52,56-58,60-63,65-66,68-70H,3-4,6,8-10,12,14-16,18,20-22,25,28,31-49,51,53-55H2,1-2H3,(H,64,67)/b7-5-,13-11-,19-17-,24-23-,27-26-,30-29-,52-50+. The molecule has 0 radical (unpaired) electrons. The normalized spacial score (nSPS) is 19.8. The van der Waals surface area contributed by atoms with E-state index < -0.39 is 49.5 Å². The number of carbonyl (C=O) groups excluding carboxylic acids is 1. The number of unbranched alkanes of at least 4 members (excludes halogenated alkanes) is 28. The van der Waals surface area contributed by atoms with Gasteiger partial charge in [-0.25, -0.2) is 0 Å². The third kappa shape index (κ3) is 40.7. The van der Waals surface area contributed by atoms with Gasteiger partial charge in [0.25, 0.3) is 0 Å². The second-order valence-electron chi connectivity index (χ2n) is 20.4. The summed E-state index contributed by atoms with van der Waals surface area (Å²) in [4.78, 5) is 13.1. The number of hydrogen-bond donors (Lipinski definition) is 6. The fraction of sp³-hybridized carbons (Fsp3) is 0.762. The van der Waals surface area contributed by atoms with E-state index in [4.69, 9.17) is 9.47 Å². The molecule has 0 aliphatic carbocycles. The van der Waals surface area contributed by atoms with Gasteiger partial charge in [0.15, 0.2) is 6.29 Å². The summed E-state index contributed by atoms with van der Waals surface area (Å²) in [6.07, 6.45) is 66.4. The first-order valence-electron chi connectivity index (χ1n) is 29.8. The molecule has 0 aromatic heterocycles. The van der Waals surface area contributed by atoms with Crippen molar-refractivity contribution in [2.24, 2.45) is 0 Å². The number of carbonyl (C=O) groups is 1. The van der Waals surface area contributed by atoms with Gasteiger partial charge in [-0.1, -0.05) is 259 Å². The summed E-state index contributed by atoms with van der Waals surface area (Å²) in [6.45, 7) is 3.68. The van der Waals surface area contributed by atoms with Crippen LogP contribution >= 0.6 is 0 Å². The molecule has 1 saturated heterocycles. The minimum Gasteiger partial charge on any atom is -0.394 e. The number of ether oxygens (including phenoxy) is 2. The zero-order valence-corrected chi connectivity index (χ0v) is 46.2. The Hall–Kier alpha value is -2.63. The number of hydrogen-bond acceptors (Lipinski definition) is 8. The van der Waals surface area contributed by atoms with E-state index in [0.29, 0.717) is 6.42 Å². The quantitative estimate of drug-likeness (QED) is 0.0261. The maximum absolute atomic E-state index is 13.1. The minimum absolute atomic E-state index is 0.181. The van der Waals surface area contributed by atoms with Gasteiger partial charge in [0.2, 0.25) is 5.91 Å². The third-order valence-corrected chi connectivity index (χ3v) is 13.7. The van der Waals surface area contributed by atoms with E-state index in [0.717, 1.165) is 77.0 Å². The predicted octanol–water partition coefficient (Wildman–Crippen LogP) is 15.0. The first-order valence-corrected chi connectivity index (χ1v) is 29.8. The summed E-state index contributed by atoms with van der Waals surface area (Å²) in [7, 11) is 0. The number of allylic oxidation sites excluding steroid dienone is 13. The molecule has 9 nitrogen and oxygen atoms in total. The summed E-state index contributed by atoms with van der Waals surface area (Å²) in [5, 5.41) is 54.5. The second kappa shape index (κ2) is 51.8. The van der Waals surface area contributed by atoms with Crippen molar-refractivity contribution in [2.75, 3.05) is 13.2 Å². The van der Waals surface area contributed by atoms with Gasteiger partial charge in [-0.05, 0) is 70.6 Å². The van der Waals surface area contributed by atoms with Crippen molar-refractivity contribution in [1.29, 1.82) is 0 Å². The SMILES string of the molecule is CC/C=C\C/C=C\C/C=C\C/C=C\C/C=C\C/C=C\CCCCCCCCCCCCCCC(=O)NC(COC1OC(CO)C(O)C(O)C1O)C(O)/C=C/CCCCCCCCCCCCCCCCCC. The molecule has 1 aliphatic rings.